The van der Waals surface area contributed by atoms with E-state index in [4.69, 9.17) is 9.84 Å². The maximum absolute atomic E-state index is 12.7. The molecule has 1 saturated heterocycles. The van der Waals surface area contributed by atoms with Crippen LogP contribution in [0.3, 0.4) is 0 Å². The van der Waals surface area contributed by atoms with Crippen molar-refractivity contribution in [1.29, 1.82) is 0 Å². The molecule has 1 fully saturated rings. The third kappa shape index (κ3) is 4.32. The van der Waals surface area contributed by atoms with Crippen molar-refractivity contribution < 1.29 is 19.4 Å². The van der Waals surface area contributed by atoms with Crippen molar-refractivity contribution in [2.24, 2.45) is 0 Å². The Balaban J connectivity index is 2.04. The zero-order chi connectivity index (χ0) is 16.8. The van der Waals surface area contributed by atoms with Crippen LogP contribution >= 0.6 is 0 Å². The van der Waals surface area contributed by atoms with Crippen molar-refractivity contribution >= 4 is 11.9 Å². The number of benzene rings is 1. The van der Waals surface area contributed by atoms with Crippen LogP contribution in [0.25, 0.3) is 0 Å². The number of aliphatic carboxylic acids is 1. The van der Waals surface area contributed by atoms with E-state index in [1.807, 2.05) is 30.0 Å². The van der Waals surface area contributed by atoms with Crippen molar-refractivity contribution in [2.75, 3.05) is 6.54 Å². The van der Waals surface area contributed by atoms with Gasteiger partial charge in [-0.05, 0) is 38.2 Å². The van der Waals surface area contributed by atoms with E-state index in [1.54, 1.807) is 0 Å². The van der Waals surface area contributed by atoms with E-state index in [9.17, 15) is 9.59 Å². The third-order valence-electron chi connectivity index (χ3n) is 4.42. The van der Waals surface area contributed by atoms with Gasteiger partial charge in [-0.15, -0.1) is 0 Å². The molecular weight excluding hydrogens is 294 g/mol. The fraction of sp³-hybridized carbons (Fsp3) is 0.556. The summed E-state index contributed by atoms with van der Waals surface area (Å²) in [4.78, 5) is 25.6. The highest BCUT2D eigenvalue weighted by molar-refractivity contribution is 5.83. The number of ether oxygens (including phenoxy) is 1. The molecule has 0 saturated carbocycles. The number of amides is 1. The summed E-state index contributed by atoms with van der Waals surface area (Å²) in [6.07, 6.45) is 1.06. The second kappa shape index (κ2) is 8.11. The van der Waals surface area contributed by atoms with Crippen molar-refractivity contribution in [1.82, 2.24) is 4.90 Å². The van der Waals surface area contributed by atoms with Gasteiger partial charge in [-0.2, -0.15) is 0 Å². The van der Waals surface area contributed by atoms with Gasteiger partial charge in [-0.3, -0.25) is 4.79 Å². The molecule has 2 rings (SSSR count). The molecule has 0 aromatic heterocycles. The van der Waals surface area contributed by atoms with Gasteiger partial charge >= 0.3 is 5.97 Å². The standard InChI is InChI=1S/C18H25NO4/c1-3-14(12-13-8-6-5-7-9-13)19(4-2)17(20)15-10-11-16(23-15)18(21)22/h5-9,14-16H,3-4,10-12H2,1-2H3,(H,21,22)/t14?,15-,16+/m0/s1. The molecule has 1 aliphatic heterocycles. The molecule has 5 heteroatoms. The average molecular weight is 319 g/mol. The molecule has 1 amide bonds. The Morgan fingerprint density at radius 3 is 2.39 bits per heavy atom. The van der Waals surface area contributed by atoms with Crippen LogP contribution in [0.1, 0.15) is 38.7 Å². The molecular formula is C18H25NO4. The summed E-state index contributed by atoms with van der Waals surface area (Å²) < 4.78 is 5.42. The van der Waals surface area contributed by atoms with E-state index in [2.05, 4.69) is 19.1 Å². The van der Waals surface area contributed by atoms with Crippen LogP contribution in [-0.2, 0) is 20.7 Å². The van der Waals surface area contributed by atoms with E-state index in [0.717, 1.165) is 12.8 Å². The first-order valence-corrected chi connectivity index (χ1v) is 8.29. The van der Waals surface area contributed by atoms with Crippen LogP contribution in [0.4, 0.5) is 0 Å². The molecule has 23 heavy (non-hydrogen) atoms. The van der Waals surface area contributed by atoms with Crippen LogP contribution in [0.2, 0.25) is 0 Å². The number of nitrogens with zero attached hydrogens (tertiary/aromatic N) is 1. The van der Waals surface area contributed by atoms with Crippen LogP contribution in [-0.4, -0.2) is 46.7 Å². The van der Waals surface area contributed by atoms with Crippen LogP contribution in [0.5, 0.6) is 0 Å². The predicted octanol–water partition coefficient (Wildman–Crippen LogP) is 2.49. The Hall–Kier alpha value is -1.88. The van der Waals surface area contributed by atoms with Crippen LogP contribution in [0, 0.1) is 0 Å². The number of carbonyl (C=O) groups excluding carboxylic acids is 1. The van der Waals surface area contributed by atoms with Gasteiger partial charge < -0.3 is 14.7 Å². The number of carboxylic acids is 1. The fourth-order valence-corrected chi connectivity index (χ4v) is 3.14. The minimum atomic E-state index is -0.986. The molecule has 1 aromatic rings. The SMILES string of the molecule is CCC(Cc1ccccc1)N(CC)C(=O)[C@@H]1CC[C@H](C(=O)O)O1. The summed E-state index contributed by atoms with van der Waals surface area (Å²) in [6.45, 7) is 4.62. The van der Waals surface area contributed by atoms with Gasteiger partial charge in [-0.25, -0.2) is 4.79 Å². The third-order valence-corrected chi connectivity index (χ3v) is 4.42. The predicted molar refractivity (Wildman–Crippen MR) is 87.1 cm³/mol. The molecule has 0 radical (unpaired) electrons. The largest absolute Gasteiger partial charge is 0.479 e. The average Bonchev–Trinajstić information content (AvgIpc) is 3.05. The highest BCUT2D eigenvalue weighted by Gasteiger charge is 2.37. The van der Waals surface area contributed by atoms with Crippen molar-refractivity contribution in [3.05, 3.63) is 35.9 Å². The highest BCUT2D eigenvalue weighted by atomic mass is 16.5. The Kier molecular flexibility index (Phi) is 6.16. The molecule has 0 aliphatic carbocycles. The Morgan fingerprint density at radius 1 is 1.22 bits per heavy atom. The molecule has 0 bridgehead atoms. The van der Waals surface area contributed by atoms with Gasteiger partial charge in [0.15, 0.2) is 6.10 Å². The summed E-state index contributed by atoms with van der Waals surface area (Å²) in [5.74, 6) is -1.07. The summed E-state index contributed by atoms with van der Waals surface area (Å²) >= 11 is 0. The number of likely N-dealkylation sites (N-methyl/N-ethyl adjacent to an activating group) is 1. The molecule has 1 heterocycles. The first kappa shape index (κ1) is 17.5. The number of hydrogen-bond donors (Lipinski definition) is 1. The zero-order valence-corrected chi connectivity index (χ0v) is 13.8. The van der Waals surface area contributed by atoms with Crippen LogP contribution < -0.4 is 0 Å². The van der Waals surface area contributed by atoms with E-state index >= 15 is 0 Å². The lowest BCUT2D eigenvalue weighted by molar-refractivity contribution is -0.155. The lowest BCUT2D eigenvalue weighted by atomic mass is 10.0. The van der Waals surface area contributed by atoms with Gasteiger partial charge in [-0.1, -0.05) is 37.3 Å². The van der Waals surface area contributed by atoms with Gasteiger partial charge in [0, 0.05) is 12.6 Å². The van der Waals surface area contributed by atoms with Crippen molar-refractivity contribution in [3.8, 4) is 0 Å². The van der Waals surface area contributed by atoms with Crippen LogP contribution in [0.15, 0.2) is 30.3 Å². The monoisotopic (exact) mass is 319 g/mol. The Bertz CT molecular complexity index is 531. The minimum absolute atomic E-state index is 0.0842. The van der Waals surface area contributed by atoms with Gasteiger partial charge in [0.05, 0.1) is 0 Å². The smallest absolute Gasteiger partial charge is 0.332 e. The van der Waals surface area contributed by atoms with E-state index in [1.165, 1.54) is 5.56 Å². The highest BCUT2D eigenvalue weighted by Crippen LogP contribution is 2.23. The number of carboxylic acid groups (broad SMARTS) is 1. The number of rotatable bonds is 7. The first-order valence-electron chi connectivity index (χ1n) is 8.29. The molecule has 1 N–H and O–H groups in total. The normalized spacial score (nSPS) is 21.8. The van der Waals surface area contributed by atoms with Crippen molar-refractivity contribution in [2.45, 2.75) is 57.8 Å². The molecule has 1 aromatic carbocycles. The molecule has 1 unspecified atom stereocenters. The second-order valence-corrected chi connectivity index (χ2v) is 5.91. The summed E-state index contributed by atoms with van der Waals surface area (Å²) in [5, 5.41) is 9.01. The number of carbonyl (C=O) groups is 2. The fourth-order valence-electron chi connectivity index (χ4n) is 3.14. The quantitative estimate of drug-likeness (QED) is 0.838. The van der Waals surface area contributed by atoms with E-state index in [0.29, 0.717) is 19.4 Å². The number of hydrogen-bond acceptors (Lipinski definition) is 3. The topological polar surface area (TPSA) is 66.8 Å². The van der Waals surface area contributed by atoms with Gasteiger partial charge in [0.25, 0.3) is 5.91 Å². The Morgan fingerprint density at radius 2 is 1.87 bits per heavy atom. The van der Waals surface area contributed by atoms with Crippen molar-refractivity contribution in [3.63, 3.8) is 0 Å². The second-order valence-electron chi connectivity index (χ2n) is 5.91. The molecule has 5 nitrogen and oxygen atoms in total. The molecule has 126 valence electrons. The maximum atomic E-state index is 12.7. The zero-order valence-electron chi connectivity index (χ0n) is 13.8. The molecule has 0 spiro atoms. The summed E-state index contributed by atoms with van der Waals surface area (Å²) in [6, 6.07) is 10.2. The lowest BCUT2D eigenvalue weighted by Gasteiger charge is -2.32. The van der Waals surface area contributed by atoms with Gasteiger partial charge in [0.2, 0.25) is 0 Å². The van der Waals surface area contributed by atoms with E-state index in [-0.39, 0.29) is 11.9 Å². The Labute approximate surface area is 137 Å². The molecule has 1 aliphatic rings. The lowest BCUT2D eigenvalue weighted by Crippen LogP contribution is -2.46. The maximum Gasteiger partial charge on any atom is 0.332 e. The molecule has 3 atom stereocenters. The first-order chi connectivity index (χ1) is 11.1. The minimum Gasteiger partial charge on any atom is -0.479 e. The summed E-state index contributed by atoms with van der Waals surface area (Å²) in [7, 11) is 0. The van der Waals surface area contributed by atoms with E-state index < -0.39 is 18.2 Å². The van der Waals surface area contributed by atoms with Gasteiger partial charge in [0.1, 0.15) is 6.10 Å². The summed E-state index contributed by atoms with van der Waals surface area (Å²) in [5.41, 5.74) is 1.20.